The van der Waals surface area contributed by atoms with Crippen LogP contribution in [-0.2, 0) is 40.5 Å². The molecule has 2 heterocycles. The summed E-state index contributed by atoms with van der Waals surface area (Å²) in [5.41, 5.74) is 4.80. The van der Waals surface area contributed by atoms with Crippen LogP contribution in [0.25, 0.3) is 87.6 Å². The van der Waals surface area contributed by atoms with Gasteiger partial charge in [-0.3, -0.25) is 37.4 Å². The molecule has 0 saturated carbocycles. The lowest BCUT2D eigenvalue weighted by Crippen LogP contribution is -2.42. The van der Waals surface area contributed by atoms with Crippen molar-refractivity contribution in [3.63, 3.8) is 0 Å². The summed E-state index contributed by atoms with van der Waals surface area (Å²) >= 11 is 0. The molecule has 26 heteroatoms. The van der Waals surface area contributed by atoms with Crippen LogP contribution in [0.2, 0.25) is 0 Å². The monoisotopic (exact) mass is 1700 g/mol. The number of ether oxygens (including phenoxy) is 4. The van der Waals surface area contributed by atoms with Crippen LogP contribution in [0.4, 0.5) is 11.4 Å². The second-order valence-electron chi connectivity index (χ2n) is 31.2. The number of carbonyl (C=O) groups is 4. The first-order chi connectivity index (χ1) is 58.0. The van der Waals surface area contributed by atoms with Crippen molar-refractivity contribution in [2.45, 2.75) is 98.6 Å². The van der Waals surface area contributed by atoms with E-state index in [0.717, 1.165) is 68.5 Å². The third kappa shape index (κ3) is 14.3. The average Bonchev–Trinajstić information content (AvgIpc) is 0.669. The Morgan fingerprint density at radius 1 is 0.246 bits per heavy atom. The number of nitrogens with zero attached hydrogens (tertiary/aromatic N) is 2. The number of hydrogen-bond acceptors (Lipinski definition) is 16. The normalized spacial score (nSPS) is 13.3. The zero-order valence-corrected chi connectivity index (χ0v) is 69.7. The van der Waals surface area contributed by atoms with Crippen LogP contribution in [0.3, 0.4) is 0 Å². The zero-order valence-electron chi connectivity index (χ0n) is 66.4. The van der Waals surface area contributed by atoms with Gasteiger partial charge in [0.15, 0.2) is 0 Å². The number of para-hydroxylation sites is 2. The maximum absolute atomic E-state index is 16.9. The predicted octanol–water partition coefficient (Wildman–Crippen LogP) is 22.7. The van der Waals surface area contributed by atoms with Crippen molar-refractivity contribution >= 4 is 119 Å². The van der Waals surface area contributed by atoms with Crippen molar-refractivity contribution < 1.29 is 90.0 Å². The van der Waals surface area contributed by atoms with E-state index in [9.17, 15) is 51.9 Å². The van der Waals surface area contributed by atoms with Crippen LogP contribution in [0.5, 0.6) is 46.0 Å². The number of benzene rings is 15. The fraction of sp³-hybridized carbons (Fsp3) is 0.125. The van der Waals surface area contributed by atoms with Gasteiger partial charge >= 0.3 is 0 Å². The highest BCUT2D eigenvalue weighted by molar-refractivity contribution is 7.86. The minimum absolute atomic E-state index is 0.0301. The molecule has 612 valence electrons. The Morgan fingerprint density at radius 3 is 0.787 bits per heavy atom. The first-order valence-corrected chi connectivity index (χ1v) is 44.6. The van der Waals surface area contributed by atoms with Crippen LogP contribution in [-0.4, -0.2) is 75.5 Å². The van der Waals surface area contributed by atoms with Crippen molar-refractivity contribution in [3.05, 3.63) is 299 Å². The first-order valence-electron chi connectivity index (χ1n) is 38.8. The summed E-state index contributed by atoms with van der Waals surface area (Å²) in [6, 6.07) is 65.9. The third-order valence-corrected chi connectivity index (χ3v) is 25.7. The van der Waals surface area contributed by atoms with E-state index in [1.54, 1.807) is 24.3 Å². The summed E-state index contributed by atoms with van der Waals surface area (Å²) in [5, 5.41) is -0.390. The minimum atomic E-state index is -5.40. The maximum atomic E-state index is 16.9. The largest absolute Gasteiger partial charge is 0.457 e. The van der Waals surface area contributed by atoms with E-state index in [1.807, 2.05) is 177 Å². The van der Waals surface area contributed by atoms with Gasteiger partial charge in [0.1, 0.15) is 55.8 Å². The molecule has 0 saturated heterocycles. The molecule has 0 unspecified atom stereocenters. The number of anilines is 2. The standard InChI is InChI=1S/C96H74N2O20S4/c1-51(2)67-27-17-28-68(52(3)4)91(67)97-93(99)73-47-77(115-61-35-31-57(32-36-61)55-19-11-9-12-20-55)85-86-78(116-62-37-33-58(34-38-62)56-21-13-10-14-22-56)48-74-84-76(96(102)98(94(74)100)92-69(53(5)6)29-18-30-70(92)54(7)8)50-80(118-64-40-42-72(82(46-64)122(112,113)114)60-24-16-26-66(44-60)120(106,107)108)88(90(84)86)87-79(49-75(95(97)101)83(73)89(85)87)117-63-39-41-71(81(45-63)121(109,110)111)59-23-15-25-65(43-59)119(103,104)105/h9-54H,1-8H3,(H,103,104,105)(H,106,107,108)(H,109,110,111)(H,112,113,114). The molecule has 22 nitrogen and oxygen atoms in total. The van der Waals surface area contributed by atoms with E-state index >= 15 is 19.2 Å². The summed E-state index contributed by atoms with van der Waals surface area (Å²) in [6.45, 7) is 15.3. The Morgan fingerprint density at radius 2 is 0.508 bits per heavy atom. The van der Waals surface area contributed by atoms with Crippen molar-refractivity contribution in [3.8, 4) is 90.5 Å². The Balaban J connectivity index is 1.07. The van der Waals surface area contributed by atoms with Gasteiger partial charge in [-0.1, -0.05) is 201 Å². The van der Waals surface area contributed by atoms with Gasteiger partial charge in [-0.25, -0.2) is 9.80 Å². The number of fused-ring (bicyclic) bond motifs is 2. The predicted molar refractivity (Wildman–Crippen MR) is 466 cm³/mol. The minimum Gasteiger partial charge on any atom is -0.457 e. The Hall–Kier alpha value is -13.3. The first kappa shape index (κ1) is 81.1. The second-order valence-corrected chi connectivity index (χ2v) is 36.9. The summed E-state index contributed by atoms with van der Waals surface area (Å²) in [6.07, 6.45) is 0. The molecule has 2 aliphatic rings. The average molecular weight is 1700 g/mol. The highest BCUT2D eigenvalue weighted by Crippen LogP contribution is 2.60. The molecule has 2 aliphatic heterocycles. The molecule has 0 bridgehead atoms. The highest BCUT2D eigenvalue weighted by Gasteiger charge is 2.45. The van der Waals surface area contributed by atoms with Crippen LogP contribution in [0.1, 0.15) is 143 Å². The van der Waals surface area contributed by atoms with E-state index in [1.165, 1.54) is 72.8 Å². The Labute approximate surface area is 702 Å². The molecule has 4 amide bonds. The quantitative estimate of drug-likeness (QED) is 0.0212. The Kier molecular flexibility index (Phi) is 20.2. The van der Waals surface area contributed by atoms with Gasteiger partial charge in [-0.2, -0.15) is 33.7 Å². The SMILES string of the molecule is CC(C)c1cccc(C(C)C)c1N1C(=O)c2cc(Oc3ccc(-c4ccccc4)cc3)c3c4c(Oc5ccc(-c6ccccc6)cc5)cc5c6c(cc(Oc7ccc(-c8cccc(S(=O)(=O)O)c8)c(S(=O)(=O)O)c7)c(c7c(Oc8ccc(-c9cccc(S(=O)(=O)O)c9)c(S(=O)(=O)O)c8)cc(c2c37)C1=O)c64)C(=O)N(c1c(C(C)C)cccc1C(C)C)C5=O. The van der Waals surface area contributed by atoms with Gasteiger partial charge in [0, 0.05) is 66.3 Å². The lowest BCUT2D eigenvalue weighted by atomic mass is 9.80. The number of amides is 4. The van der Waals surface area contributed by atoms with E-state index < -0.39 is 95.2 Å². The van der Waals surface area contributed by atoms with Crippen LogP contribution < -0.4 is 28.7 Å². The topological polar surface area (TPSA) is 329 Å². The molecule has 0 atom stereocenters. The van der Waals surface area contributed by atoms with Crippen molar-refractivity contribution in [2.24, 2.45) is 0 Å². The highest BCUT2D eigenvalue weighted by atomic mass is 32.2. The molecule has 122 heavy (non-hydrogen) atoms. The van der Waals surface area contributed by atoms with Gasteiger partial charge in [0.2, 0.25) is 0 Å². The summed E-state index contributed by atoms with van der Waals surface area (Å²) in [5.74, 6) is -6.08. The lowest BCUT2D eigenvalue weighted by Gasteiger charge is -2.35. The summed E-state index contributed by atoms with van der Waals surface area (Å²) < 4.78 is 179. The van der Waals surface area contributed by atoms with Crippen LogP contribution in [0, 0.1) is 0 Å². The number of hydrogen-bond donors (Lipinski definition) is 4. The van der Waals surface area contributed by atoms with Gasteiger partial charge in [0.25, 0.3) is 64.1 Å². The summed E-state index contributed by atoms with van der Waals surface area (Å²) in [7, 11) is -20.6. The van der Waals surface area contributed by atoms with Crippen molar-refractivity contribution in [2.75, 3.05) is 9.80 Å². The number of imide groups is 2. The van der Waals surface area contributed by atoms with E-state index in [4.69, 9.17) is 18.9 Å². The maximum Gasteiger partial charge on any atom is 0.295 e. The molecule has 17 rings (SSSR count). The molecule has 0 spiro atoms. The molecule has 0 aromatic heterocycles. The van der Waals surface area contributed by atoms with Crippen molar-refractivity contribution in [1.29, 1.82) is 0 Å². The fourth-order valence-corrected chi connectivity index (χ4v) is 19.2. The molecule has 15 aromatic rings. The Bertz CT molecular complexity index is 6970. The van der Waals surface area contributed by atoms with E-state index in [-0.39, 0.29) is 157 Å². The van der Waals surface area contributed by atoms with E-state index in [0.29, 0.717) is 22.3 Å². The van der Waals surface area contributed by atoms with Gasteiger partial charge < -0.3 is 18.9 Å². The lowest BCUT2D eigenvalue weighted by molar-refractivity contribution is 0.0877. The van der Waals surface area contributed by atoms with Gasteiger partial charge in [-0.15, -0.1) is 0 Å². The fourth-order valence-electron chi connectivity index (χ4n) is 16.7. The number of rotatable bonds is 22. The smallest absolute Gasteiger partial charge is 0.295 e. The molecular weight excluding hydrogens is 1630 g/mol. The molecule has 0 aliphatic carbocycles. The molecule has 15 aromatic carbocycles. The van der Waals surface area contributed by atoms with Gasteiger partial charge in [-0.05, 0) is 176 Å². The molecular formula is C96H74N2O20S4. The van der Waals surface area contributed by atoms with Crippen LogP contribution in [0.15, 0.2) is 274 Å². The third-order valence-electron chi connectivity index (χ3n) is 22.2. The second kappa shape index (κ2) is 30.5. The van der Waals surface area contributed by atoms with Crippen LogP contribution >= 0.6 is 0 Å². The van der Waals surface area contributed by atoms with Gasteiger partial charge in [0.05, 0.1) is 43.4 Å². The summed E-state index contributed by atoms with van der Waals surface area (Å²) in [4.78, 5) is 66.7. The van der Waals surface area contributed by atoms with E-state index in [2.05, 4.69) is 0 Å². The number of carbonyl (C=O) groups excluding carboxylic acids is 4. The van der Waals surface area contributed by atoms with Crippen molar-refractivity contribution in [1.82, 2.24) is 0 Å². The zero-order chi connectivity index (χ0) is 86.2. The molecule has 0 radical (unpaired) electrons. The molecule has 0 fully saturated rings. The molecule has 4 N–H and O–H groups in total.